The number of fused-ring (bicyclic) bond motifs is 1. The van der Waals surface area contributed by atoms with Gasteiger partial charge in [-0.25, -0.2) is 0 Å². The molecule has 0 radical (unpaired) electrons. The zero-order valence-corrected chi connectivity index (χ0v) is 9.47. The van der Waals surface area contributed by atoms with Crippen LogP contribution in [0.5, 0.6) is 0 Å². The van der Waals surface area contributed by atoms with Gasteiger partial charge in [0.25, 0.3) is 0 Å². The molecule has 0 amide bonds. The third-order valence-electron chi connectivity index (χ3n) is 1.84. The van der Waals surface area contributed by atoms with E-state index in [1.54, 1.807) is 6.20 Å². The summed E-state index contributed by atoms with van der Waals surface area (Å²) in [6.45, 7) is 6.04. The molecule has 0 fully saturated rings. The average Bonchev–Trinajstić information content (AvgIpc) is 2.22. The number of hydrogen-bond acceptors (Lipinski definition) is 1. The van der Waals surface area contributed by atoms with Gasteiger partial charge < -0.3 is 0 Å². The zero-order valence-electron chi connectivity index (χ0n) is 8.71. The Labute approximate surface area is 89.7 Å². The Morgan fingerprint density at radius 2 is 1.86 bits per heavy atom. The van der Waals surface area contributed by atoms with Gasteiger partial charge in [-0.15, -0.1) is 0 Å². The predicted octanol–water partition coefficient (Wildman–Crippen LogP) is 4.22. The second kappa shape index (κ2) is 4.97. The van der Waals surface area contributed by atoms with Gasteiger partial charge in [-0.05, 0) is 25.1 Å². The third kappa shape index (κ3) is 2.24. The summed E-state index contributed by atoms with van der Waals surface area (Å²) >= 11 is 5.99. The van der Waals surface area contributed by atoms with E-state index in [-0.39, 0.29) is 0 Å². The minimum Gasteiger partial charge on any atom is -0.256 e. The van der Waals surface area contributed by atoms with Crippen LogP contribution < -0.4 is 0 Å². The van der Waals surface area contributed by atoms with Gasteiger partial charge in [0.1, 0.15) is 0 Å². The van der Waals surface area contributed by atoms with Crippen LogP contribution in [0, 0.1) is 6.92 Å². The van der Waals surface area contributed by atoms with Gasteiger partial charge in [0.05, 0.1) is 10.5 Å². The van der Waals surface area contributed by atoms with E-state index in [1.165, 1.54) is 5.56 Å². The summed E-state index contributed by atoms with van der Waals surface area (Å²) < 4.78 is 0. The summed E-state index contributed by atoms with van der Waals surface area (Å²) in [5.74, 6) is 0. The van der Waals surface area contributed by atoms with Crippen LogP contribution in [0.25, 0.3) is 10.9 Å². The van der Waals surface area contributed by atoms with E-state index >= 15 is 0 Å². The Hall–Kier alpha value is -1.08. The van der Waals surface area contributed by atoms with Gasteiger partial charge in [-0.2, -0.15) is 0 Å². The van der Waals surface area contributed by atoms with E-state index < -0.39 is 0 Å². The lowest BCUT2D eigenvalue weighted by molar-refractivity contribution is 1.39. The molecule has 2 heteroatoms. The van der Waals surface area contributed by atoms with Crippen molar-refractivity contribution >= 4 is 22.5 Å². The molecule has 0 aliphatic carbocycles. The maximum absolute atomic E-state index is 5.99. The van der Waals surface area contributed by atoms with Crippen molar-refractivity contribution in [1.29, 1.82) is 0 Å². The fourth-order valence-corrected chi connectivity index (χ4v) is 1.43. The normalized spacial score (nSPS) is 9.43. The number of pyridine rings is 1. The van der Waals surface area contributed by atoms with E-state index in [1.807, 2.05) is 45.0 Å². The first kappa shape index (κ1) is 11.0. The molecular weight excluding hydrogens is 194 g/mol. The zero-order chi connectivity index (χ0) is 10.6. The minimum absolute atomic E-state index is 0.767. The molecule has 0 atom stereocenters. The molecule has 0 saturated heterocycles. The largest absolute Gasteiger partial charge is 0.256 e. The molecule has 74 valence electrons. The van der Waals surface area contributed by atoms with E-state index in [0.29, 0.717) is 0 Å². The first-order chi connectivity index (χ1) is 6.77. The van der Waals surface area contributed by atoms with Crippen LogP contribution in [-0.2, 0) is 0 Å². The second-order valence-corrected chi connectivity index (χ2v) is 3.22. The van der Waals surface area contributed by atoms with Crippen molar-refractivity contribution < 1.29 is 0 Å². The molecule has 0 aliphatic rings. The molecule has 2 aromatic rings. The number of benzene rings is 1. The molecule has 1 aromatic carbocycles. The van der Waals surface area contributed by atoms with Gasteiger partial charge in [-0.3, -0.25) is 4.98 Å². The number of hydrogen-bond donors (Lipinski definition) is 0. The Morgan fingerprint density at radius 1 is 1.14 bits per heavy atom. The Bertz CT molecular complexity index is 424. The second-order valence-electron chi connectivity index (χ2n) is 2.81. The van der Waals surface area contributed by atoms with Crippen LogP contribution in [-0.4, -0.2) is 4.98 Å². The van der Waals surface area contributed by atoms with Gasteiger partial charge in [-0.1, -0.05) is 37.1 Å². The highest BCUT2D eigenvalue weighted by Crippen LogP contribution is 2.21. The fraction of sp³-hybridized carbons (Fsp3) is 0.250. The van der Waals surface area contributed by atoms with Crippen molar-refractivity contribution in [3.8, 4) is 0 Å². The Kier molecular flexibility index (Phi) is 3.90. The number of aryl methyl sites for hydroxylation is 1. The molecule has 1 aromatic heterocycles. The first-order valence-corrected chi connectivity index (χ1v) is 5.16. The lowest BCUT2D eigenvalue weighted by atomic mass is 10.1. The van der Waals surface area contributed by atoms with Crippen LogP contribution in [0.4, 0.5) is 0 Å². The molecular formula is C12H14ClN. The predicted molar refractivity (Wildman–Crippen MR) is 62.8 cm³/mol. The number of aromatic nitrogens is 1. The molecule has 0 saturated carbocycles. The highest BCUT2D eigenvalue weighted by Gasteiger charge is 1.98. The number of rotatable bonds is 0. The SMILES string of the molecule is CC.Cc1ccc2nccc(Cl)c2c1. The van der Waals surface area contributed by atoms with Crippen molar-refractivity contribution in [3.05, 3.63) is 41.0 Å². The molecule has 1 nitrogen and oxygen atoms in total. The number of halogens is 1. The van der Waals surface area contributed by atoms with Gasteiger partial charge in [0.2, 0.25) is 0 Å². The van der Waals surface area contributed by atoms with Gasteiger partial charge in [0.15, 0.2) is 0 Å². The van der Waals surface area contributed by atoms with E-state index in [0.717, 1.165) is 15.9 Å². The van der Waals surface area contributed by atoms with Crippen LogP contribution in [0.1, 0.15) is 19.4 Å². The van der Waals surface area contributed by atoms with Crippen molar-refractivity contribution in [2.24, 2.45) is 0 Å². The highest BCUT2D eigenvalue weighted by molar-refractivity contribution is 6.35. The van der Waals surface area contributed by atoms with Crippen molar-refractivity contribution in [3.63, 3.8) is 0 Å². The molecule has 1 heterocycles. The van der Waals surface area contributed by atoms with Gasteiger partial charge in [0, 0.05) is 11.6 Å². The summed E-state index contributed by atoms with van der Waals surface area (Å²) in [4.78, 5) is 4.20. The van der Waals surface area contributed by atoms with Crippen molar-refractivity contribution in [2.75, 3.05) is 0 Å². The van der Waals surface area contributed by atoms with Gasteiger partial charge >= 0.3 is 0 Å². The minimum atomic E-state index is 0.767. The molecule has 0 bridgehead atoms. The summed E-state index contributed by atoms with van der Waals surface area (Å²) in [6, 6.07) is 7.87. The fourth-order valence-electron chi connectivity index (χ4n) is 1.23. The highest BCUT2D eigenvalue weighted by atomic mass is 35.5. The lowest BCUT2D eigenvalue weighted by Gasteiger charge is -1.99. The molecule has 14 heavy (non-hydrogen) atoms. The van der Waals surface area contributed by atoms with E-state index in [9.17, 15) is 0 Å². The maximum Gasteiger partial charge on any atom is 0.0717 e. The summed E-state index contributed by atoms with van der Waals surface area (Å²) in [5, 5.41) is 1.79. The summed E-state index contributed by atoms with van der Waals surface area (Å²) in [7, 11) is 0. The van der Waals surface area contributed by atoms with E-state index in [4.69, 9.17) is 11.6 Å². The molecule has 0 aliphatic heterocycles. The van der Waals surface area contributed by atoms with Crippen LogP contribution >= 0.6 is 11.6 Å². The molecule has 0 spiro atoms. The van der Waals surface area contributed by atoms with Crippen molar-refractivity contribution in [2.45, 2.75) is 20.8 Å². The standard InChI is InChI=1S/C10H8ClN.C2H6/c1-7-2-3-10-8(6-7)9(11)4-5-12-10;1-2/h2-6H,1H3;1-2H3. The number of nitrogens with zero attached hydrogens (tertiary/aromatic N) is 1. The van der Waals surface area contributed by atoms with E-state index in [2.05, 4.69) is 4.98 Å². The smallest absolute Gasteiger partial charge is 0.0717 e. The van der Waals surface area contributed by atoms with Crippen LogP contribution in [0.15, 0.2) is 30.5 Å². The monoisotopic (exact) mass is 207 g/mol. The third-order valence-corrected chi connectivity index (χ3v) is 2.17. The van der Waals surface area contributed by atoms with Crippen LogP contribution in [0.2, 0.25) is 5.02 Å². The summed E-state index contributed by atoms with van der Waals surface area (Å²) in [5.41, 5.74) is 2.16. The van der Waals surface area contributed by atoms with Crippen LogP contribution in [0.3, 0.4) is 0 Å². The first-order valence-electron chi connectivity index (χ1n) is 4.78. The molecule has 0 unspecified atom stereocenters. The molecule has 2 rings (SSSR count). The average molecular weight is 208 g/mol. The molecule has 0 N–H and O–H groups in total. The Balaban J connectivity index is 0.000000461. The Morgan fingerprint density at radius 3 is 2.57 bits per heavy atom. The topological polar surface area (TPSA) is 12.9 Å². The van der Waals surface area contributed by atoms with Crippen molar-refractivity contribution in [1.82, 2.24) is 4.98 Å². The summed E-state index contributed by atoms with van der Waals surface area (Å²) in [6.07, 6.45) is 1.72. The maximum atomic E-state index is 5.99. The lowest BCUT2D eigenvalue weighted by Crippen LogP contribution is -1.79. The quantitative estimate of drug-likeness (QED) is 0.630.